The van der Waals surface area contributed by atoms with E-state index >= 15 is 0 Å². The Labute approximate surface area is 220 Å². The standard InChI is InChI=1S/C24H26ClF2N7O2S/c1-12(2)8-20-30-16-10-28-15(13-6-7-33(32-13)24(26)27)9-18(16)34(20)17-5-3-4-14(21(17)35)31-22(36)23-29-11-19(25)37-23/h6-7,9-12,14,17,21,24,35H,3-5,8H2,1-2H3,(H,31,36)/t14-,17+,21+/m0/s1. The van der Waals surface area contributed by atoms with Gasteiger partial charge in [0.1, 0.15) is 21.4 Å². The lowest BCUT2D eigenvalue weighted by molar-refractivity contribution is 0.0402. The van der Waals surface area contributed by atoms with Crippen molar-refractivity contribution in [2.45, 2.75) is 64.3 Å². The number of halogens is 3. The van der Waals surface area contributed by atoms with Gasteiger partial charge in [0.15, 0.2) is 5.01 Å². The zero-order chi connectivity index (χ0) is 26.3. The van der Waals surface area contributed by atoms with E-state index in [0.717, 1.165) is 29.1 Å². The van der Waals surface area contributed by atoms with E-state index in [1.807, 2.05) is 4.57 Å². The first-order valence-electron chi connectivity index (χ1n) is 12.0. The number of hydrogen-bond acceptors (Lipinski definition) is 7. The fraction of sp³-hybridized carbons (Fsp3) is 0.458. The van der Waals surface area contributed by atoms with Gasteiger partial charge in [-0.05, 0) is 37.3 Å². The van der Waals surface area contributed by atoms with Gasteiger partial charge in [0.25, 0.3) is 5.91 Å². The smallest absolute Gasteiger partial charge is 0.333 e. The lowest BCUT2D eigenvalue weighted by atomic mass is 9.87. The minimum Gasteiger partial charge on any atom is -0.389 e. The summed E-state index contributed by atoms with van der Waals surface area (Å²) in [6.45, 7) is 1.43. The van der Waals surface area contributed by atoms with Crippen LogP contribution in [0.15, 0.2) is 30.7 Å². The molecule has 0 unspecified atom stereocenters. The summed E-state index contributed by atoms with van der Waals surface area (Å²) in [4.78, 5) is 26.0. The van der Waals surface area contributed by atoms with Crippen molar-refractivity contribution in [2.75, 3.05) is 0 Å². The number of imidazole rings is 1. The second-order valence-electron chi connectivity index (χ2n) is 9.55. The second kappa shape index (κ2) is 10.4. The summed E-state index contributed by atoms with van der Waals surface area (Å²) in [7, 11) is 0. The van der Waals surface area contributed by atoms with Gasteiger partial charge >= 0.3 is 6.55 Å². The predicted octanol–water partition coefficient (Wildman–Crippen LogP) is 4.88. The van der Waals surface area contributed by atoms with Crippen molar-refractivity contribution in [1.82, 2.24) is 34.6 Å². The molecule has 2 N–H and O–H groups in total. The summed E-state index contributed by atoms with van der Waals surface area (Å²) < 4.78 is 29.1. The summed E-state index contributed by atoms with van der Waals surface area (Å²) in [6.07, 6.45) is 6.11. The lowest BCUT2D eigenvalue weighted by Gasteiger charge is -2.37. The van der Waals surface area contributed by atoms with Gasteiger partial charge in [-0.2, -0.15) is 13.9 Å². The summed E-state index contributed by atoms with van der Waals surface area (Å²) in [6, 6.07) is 2.42. The quantitative estimate of drug-likeness (QED) is 0.340. The second-order valence-corrected chi connectivity index (χ2v) is 11.2. The predicted molar refractivity (Wildman–Crippen MR) is 136 cm³/mol. The van der Waals surface area contributed by atoms with E-state index in [4.69, 9.17) is 16.6 Å². The van der Waals surface area contributed by atoms with Crippen molar-refractivity contribution in [3.8, 4) is 11.4 Å². The third-order valence-corrected chi connectivity index (χ3v) is 7.57. The van der Waals surface area contributed by atoms with Crippen LogP contribution in [0.3, 0.4) is 0 Å². The molecule has 4 aromatic heterocycles. The van der Waals surface area contributed by atoms with Crippen LogP contribution in [-0.2, 0) is 6.42 Å². The largest absolute Gasteiger partial charge is 0.389 e. The molecule has 0 saturated heterocycles. The normalized spacial score (nSPS) is 20.3. The first-order chi connectivity index (χ1) is 17.7. The maximum absolute atomic E-state index is 13.1. The highest BCUT2D eigenvalue weighted by Gasteiger charge is 2.36. The number of nitrogens with one attached hydrogen (secondary N) is 1. The third kappa shape index (κ3) is 5.23. The van der Waals surface area contributed by atoms with E-state index in [1.165, 1.54) is 18.5 Å². The number of hydrogen-bond donors (Lipinski definition) is 2. The topological polar surface area (TPSA) is 111 Å². The number of rotatable bonds is 7. The molecule has 0 aliphatic heterocycles. The number of pyridine rings is 1. The Bertz CT molecular complexity index is 1420. The fourth-order valence-corrected chi connectivity index (χ4v) is 5.65. The molecule has 13 heteroatoms. The number of amides is 1. The van der Waals surface area contributed by atoms with Crippen LogP contribution >= 0.6 is 22.9 Å². The van der Waals surface area contributed by atoms with Crippen LogP contribution in [0.4, 0.5) is 8.78 Å². The van der Waals surface area contributed by atoms with Gasteiger partial charge < -0.3 is 15.0 Å². The van der Waals surface area contributed by atoms with Crippen molar-refractivity contribution < 1.29 is 18.7 Å². The van der Waals surface area contributed by atoms with Crippen molar-refractivity contribution in [2.24, 2.45) is 5.92 Å². The molecule has 9 nitrogen and oxygen atoms in total. The van der Waals surface area contributed by atoms with Gasteiger partial charge in [0.2, 0.25) is 0 Å². The average Bonchev–Trinajstić information content (AvgIpc) is 3.58. The van der Waals surface area contributed by atoms with Crippen molar-refractivity contribution in [3.63, 3.8) is 0 Å². The molecular weight excluding hydrogens is 524 g/mol. The Hall–Kier alpha value is -2.96. The van der Waals surface area contributed by atoms with Gasteiger partial charge in [0.05, 0.1) is 41.8 Å². The van der Waals surface area contributed by atoms with Crippen LogP contribution in [0.25, 0.3) is 22.4 Å². The minimum absolute atomic E-state index is 0.242. The maximum Gasteiger partial charge on any atom is 0.333 e. The van der Waals surface area contributed by atoms with Gasteiger partial charge in [-0.25, -0.2) is 14.6 Å². The Morgan fingerprint density at radius 2 is 2.08 bits per heavy atom. The number of aliphatic hydroxyl groups is 1. The molecule has 0 spiro atoms. The molecule has 0 radical (unpaired) electrons. The SMILES string of the molecule is CC(C)Cc1nc2cnc(-c3ccn(C(F)F)n3)cc2n1[C@@H]1CCC[C@H](NC(=O)c2ncc(Cl)s2)[C@H]1O. The van der Waals surface area contributed by atoms with E-state index in [1.54, 1.807) is 12.3 Å². The molecular formula is C24H26ClF2N7O2S. The molecule has 1 amide bonds. The highest BCUT2D eigenvalue weighted by molar-refractivity contribution is 7.17. The molecule has 37 heavy (non-hydrogen) atoms. The molecule has 5 rings (SSSR count). The Morgan fingerprint density at radius 1 is 1.27 bits per heavy atom. The van der Waals surface area contributed by atoms with Gasteiger partial charge in [0, 0.05) is 12.6 Å². The van der Waals surface area contributed by atoms with Crippen LogP contribution < -0.4 is 5.32 Å². The monoisotopic (exact) mass is 549 g/mol. The molecule has 1 aliphatic carbocycles. The minimum atomic E-state index is -2.74. The molecule has 196 valence electrons. The molecule has 0 aromatic carbocycles. The molecule has 4 aromatic rings. The number of aromatic nitrogens is 6. The Balaban J connectivity index is 1.50. The van der Waals surface area contributed by atoms with Crippen molar-refractivity contribution >= 4 is 39.9 Å². The number of fused-ring (bicyclic) bond motifs is 1. The van der Waals surface area contributed by atoms with Crippen LogP contribution in [0, 0.1) is 5.92 Å². The van der Waals surface area contributed by atoms with Gasteiger partial charge in [-0.1, -0.05) is 36.8 Å². The highest BCUT2D eigenvalue weighted by atomic mass is 35.5. The van der Waals surface area contributed by atoms with Crippen LogP contribution in [-0.4, -0.2) is 52.5 Å². The van der Waals surface area contributed by atoms with E-state index in [-0.39, 0.29) is 17.0 Å². The molecule has 1 aliphatic rings. The van der Waals surface area contributed by atoms with Crippen molar-refractivity contribution in [1.29, 1.82) is 0 Å². The first kappa shape index (κ1) is 25.7. The Morgan fingerprint density at radius 3 is 2.76 bits per heavy atom. The van der Waals surface area contributed by atoms with Crippen LogP contribution in [0.1, 0.15) is 61.3 Å². The summed E-state index contributed by atoms with van der Waals surface area (Å²) in [5.74, 6) is 0.723. The third-order valence-electron chi connectivity index (χ3n) is 6.45. The number of thiazole rings is 1. The van der Waals surface area contributed by atoms with E-state index in [2.05, 4.69) is 34.2 Å². The fourth-order valence-electron chi connectivity index (χ4n) is 4.84. The average molecular weight is 550 g/mol. The zero-order valence-electron chi connectivity index (χ0n) is 20.2. The molecule has 0 bridgehead atoms. The number of nitrogens with zero attached hydrogens (tertiary/aromatic N) is 6. The summed E-state index contributed by atoms with van der Waals surface area (Å²) in [5, 5.41) is 18.5. The van der Waals surface area contributed by atoms with Crippen molar-refractivity contribution in [3.05, 3.63) is 45.9 Å². The maximum atomic E-state index is 13.1. The first-order valence-corrected chi connectivity index (χ1v) is 13.2. The van der Waals surface area contributed by atoms with Crippen LogP contribution in [0.2, 0.25) is 4.34 Å². The summed E-state index contributed by atoms with van der Waals surface area (Å²) in [5.41, 5.74) is 2.12. The molecule has 3 atom stereocenters. The summed E-state index contributed by atoms with van der Waals surface area (Å²) >= 11 is 7.01. The van der Waals surface area contributed by atoms with Gasteiger partial charge in [-0.15, -0.1) is 0 Å². The highest BCUT2D eigenvalue weighted by Crippen LogP contribution is 2.35. The number of carbonyl (C=O) groups excluding carboxylic acids is 1. The number of alkyl halides is 2. The molecule has 1 fully saturated rings. The molecule has 4 heterocycles. The number of carbonyl (C=O) groups is 1. The molecule has 1 saturated carbocycles. The Kier molecular flexibility index (Phi) is 7.24. The number of aliphatic hydroxyl groups excluding tert-OH is 1. The lowest BCUT2D eigenvalue weighted by Crippen LogP contribution is -2.49. The van der Waals surface area contributed by atoms with Gasteiger partial charge in [-0.3, -0.25) is 9.78 Å². The van der Waals surface area contributed by atoms with E-state index in [9.17, 15) is 18.7 Å². The van der Waals surface area contributed by atoms with E-state index < -0.39 is 18.7 Å². The zero-order valence-corrected chi connectivity index (χ0v) is 21.8. The van der Waals surface area contributed by atoms with E-state index in [0.29, 0.717) is 51.1 Å². The van der Waals surface area contributed by atoms with Crippen LogP contribution in [0.5, 0.6) is 0 Å².